The summed E-state index contributed by atoms with van der Waals surface area (Å²) in [4.78, 5) is 0. The van der Waals surface area contributed by atoms with Crippen molar-refractivity contribution < 1.29 is 0 Å². The molecule has 0 spiro atoms. The minimum atomic E-state index is 1.20. The van der Waals surface area contributed by atoms with Crippen LogP contribution in [-0.4, -0.2) is 0 Å². The Hall–Kier alpha value is -1.56. The van der Waals surface area contributed by atoms with Gasteiger partial charge in [0.25, 0.3) is 0 Å². The van der Waals surface area contributed by atoms with Gasteiger partial charge in [-0.25, -0.2) is 0 Å². The molecule has 0 saturated carbocycles. The second-order valence-electron chi connectivity index (χ2n) is 5.11. The molecular formula is C21H32. The summed E-state index contributed by atoms with van der Waals surface area (Å²) in [6.07, 6.45) is 33.1. The van der Waals surface area contributed by atoms with Gasteiger partial charge in [-0.1, -0.05) is 119 Å². The molecule has 0 radical (unpaired) electrons. The highest BCUT2D eigenvalue weighted by Crippen LogP contribution is 2.08. The van der Waals surface area contributed by atoms with Crippen LogP contribution in [0.15, 0.2) is 73.4 Å². The van der Waals surface area contributed by atoms with Crippen molar-refractivity contribution in [2.75, 3.05) is 0 Å². The molecule has 0 N–H and O–H groups in total. The maximum atomic E-state index is 3.61. The van der Waals surface area contributed by atoms with Crippen molar-refractivity contribution in [3.8, 4) is 0 Å². The average molecular weight is 284 g/mol. The normalized spacial score (nSPS) is 12.8. The van der Waals surface area contributed by atoms with E-state index in [2.05, 4.69) is 37.8 Å². The topological polar surface area (TPSA) is 0 Å². The first kappa shape index (κ1) is 19.4. The fourth-order valence-electron chi connectivity index (χ4n) is 1.92. The van der Waals surface area contributed by atoms with Crippen LogP contribution in [0.5, 0.6) is 0 Å². The molecule has 0 aromatic carbocycles. The molecule has 116 valence electrons. The van der Waals surface area contributed by atoms with Crippen LogP contribution >= 0.6 is 0 Å². The van der Waals surface area contributed by atoms with Gasteiger partial charge in [0.2, 0.25) is 0 Å². The van der Waals surface area contributed by atoms with Gasteiger partial charge < -0.3 is 0 Å². The van der Waals surface area contributed by atoms with Crippen molar-refractivity contribution in [1.82, 2.24) is 0 Å². The van der Waals surface area contributed by atoms with E-state index in [9.17, 15) is 0 Å². The summed E-state index contributed by atoms with van der Waals surface area (Å²) < 4.78 is 0. The number of unbranched alkanes of at least 4 members (excludes halogenated alkanes) is 7. The molecule has 0 fully saturated rings. The predicted octanol–water partition coefficient (Wildman–Crippen LogP) is 7.09. The molecule has 0 rings (SSSR count). The van der Waals surface area contributed by atoms with E-state index in [4.69, 9.17) is 0 Å². The monoisotopic (exact) mass is 284 g/mol. The molecular weight excluding hydrogens is 252 g/mol. The SMILES string of the molecule is C=CC=CC=CC=CC=CC=CCCCCCCCCC. The maximum absolute atomic E-state index is 3.61. The van der Waals surface area contributed by atoms with Crippen molar-refractivity contribution in [2.45, 2.75) is 58.3 Å². The molecule has 0 unspecified atom stereocenters. The van der Waals surface area contributed by atoms with E-state index in [1.54, 1.807) is 6.08 Å². The average Bonchev–Trinajstić information content (AvgIpc) is 2.50. The molecule has 0 nitrogen and oxygen atoms in total. The van der Waals surface area contributed by atoms with Crippen LogP contribution in [0.3, 0.4) is 0 Å². The zero-order valence-electron chi connectivity index (χ0n) is 13.7. The van der Waals surface area contributed by atoms with Gasteiger partial charge in [0, 0.05) is 0 Å². The Balaban J connectivity index is 3.44. The predicted molar refractivity (Wildman–Crippen MR) is 98.5 cm³/mol. The van der Waals surface area contributed by atoms with Crippen molar-refractivity contribution >= 4 is 0 Å². The molecule has 0 saturated heterocycles. The van der Waals surface area contributed by atoms with E-state index in [1.807, 2.05) is 36.5 Å². The quantitative estimate of drug-likeness (QED) is 0.250. The molecule has 0 amide bonds. The molecule has 0 heterocycles. The van der Waals surface area contributed by atoms with E-state index < -0.39 is 0 Å². The van der Waals surface area contributed by atoms with E-state index in [0.29, 0.717) is 0 Å². The highest BCUT2D eigenvalue weighted by molar-refractivity contribution is 5.18. The number of hydrogen-bond acceptors (Lipinski definition) is 0. The third kappa shape index (κ3) is 18.4. The lowest BCUT2D eigenvalue weighted by Gasteiger charge is -1.98. The molecule has 0 aliphatic heterocycles. The Morgan fingerprint density at radius 1 is 0.571 bits per heavy atom. The Kier molecular flexibility index (Phi) is 17.1. The van der Waals surface area contributed by atoms with Crippen molar-refractivity contribution in [3.63, 3.8) is 0 Å². The lowest BCUT2D eigenvalue weighted by atomic mass is 10.1. The molecule has 0 atom stereocenters. The first-order chi connectivity index (χ1) is 10.4. The molecule has 0 aromatic rings. The van der Waals surface area contributed by atoms with Gasteiger partial charge >= 0.3 is 0 Å². The number of rotatable bonds is 13. The van der Waals surface area contributed by atoms with Gasteiger partial charge in [0.05, 0.1) is 0 Å². The van der Waals surface area contributed by atoms with Gasteiger partial charge in [-0.3, -0.25) is 0 Å². The van der Waals surface area contributed by atoms with Crippen LogP contribution in [0.1, 0.15) is 58.3 Å². The van der Waals surface area contributed by atoms with Crippen molar-refractivity contribution in [1.29, 1.82) is 0 Å². The summed E-state index contributed by atoms with van der Waals surface area (Å²) in [5.74, 6) is 0. The Bertz CT molecular complexity index is 350. The largest absolute Gasteiger partial charge is 0.0991 e. The minimum absolute atomic E-state index is 1.20. The van der Waals surface area contributed by atoms with E-state index in [0.717, 1.165) is 0 Å². The summed E-state index contributed by atoms with van der Waals surface area (Å²) in [7, 11) is 0. The third-order valence-corrected chi connectivity index (χ3v) is 3.14. The first-order valence-corrected chi connectivity index (χ1v) is 8.36. The number of allylic oxidation sites excluding steroid dienone is 11. The fraction of sp³-hybridized carbons (Fsp3) is 0.429. The van der Waals surface area contributed by atoms with E-state index >= 15 is 0 Å². The van der Waals surface area contributed by atoms with Gasteiger partial charge in [-0.15, -0.1) is 0 Å². The summed E-state index contributed by atoms with van der Waals surface area (Å²) in [6, 6.07) is 0. The molecule has 21 heavy (non-hydrogen) atoms. The Morgan fingerprint density at radius 2 is 1.05 bits per heavy atom. The summed E-state index contributed by atoms with van der Waals surface area (Å²) in [6.45, 7) is 5.88. The van der Waals surface area contributed by atoms with Crippen LogP contribution in [-0.2, 0) is 0 Å². The smallest absolute Gasteiger partial charge is 0.0348 e. The summed E-state index contributed by atoms with van der Waals surface area (Å²) in [5, 5.41) is 0. The molecule has 0 aliphatic rings. The van der Waals surface area contributed by atoms with Crippen molar-refractivity contribution in [2.24, 2.45) is 0 Å². The molecule has 0 bridgehead atoms. The van der Waals surface area contributed by atoms with E-state index in [-0.39, 0.29) is 0 Å². The van der Waals surface area contributed by atoms with E-state index in [1.165, 1.54) is 51.4 Å². The highest BCUT2D eigenvalue weighted by atomic mass is 13.9. The molecule has 0 heteroatoms. The van der Waals surface area contributed by atoms with Crippen LogP contribution in [0, 0.1) is 0 Å². The van der Waals surface area contributed by atoms with Crippen LogP contribution in [0.25, 0.3) is 0 Å². The van der Waals surface area contributed by atoms with Gasteiger partial charge in [-0.05, 0) is 12.8 Å². The summed E-state index contributed by atoms with van der Waals surface area (Å²) in [5.41, 5.74) is 0. The first-order valence-electron chi connectivity index (χ1n) is 8.36. The van der Waals surface area contributed by atoms with Gasteiger partial charge in [0.15, 0.2) is 0 Å². The zero-order valence-corrected chi connectivity index (χ0v) is 13.7. The Labute approximate surface area is 132 Å². The second-order valence-corrected chi connectivity index (χ2v) is 5.11. The fourth-order valence-corrected chi connectivity index (χ4v) is 1.92. The van der Waals surface area contributed by atoms with Crippen LogP contribution in [0.4, 0.5) is 0 Å². The lowest BCUT2D eigenvalue weighted by Crippen LogP contribution is -1.78. The number of hydrogen-bond donors (Lipinski definition) is 0. The maximum Gasteiger partial charge on any atom is -0.0348 e. The molecule has 0 aromatic heterocycles. The molecule has 0 aliphatic carbocycles. The van der Waals surface area contributed by atoms with Crippen LogP contribution < -0.4 is 0 Å². The minimum Gasteiger partial charge on any atom is -0.0991 e. The van der Waals surface area contributed by atoms with Crippen LogP contribution in [0.2, 0.25) is 0 Å². The van der Waals surface area contributed by atoms with Gasteiger partial charge in [-0.2, -0.15) is 0 Å². The van der Waals surface area contributed by atoms with Gasteiger partial charge in [0.1, 0.15) is 0 Å². The highest BCUT2D eigenvalue weighted by Gasteiger charge is 1.88. The lowest BCUT2D eigenvalue weighted by molar-refractivity contribution is 0.592. The standard InChI is InChI=1S/C21H32/c1-3-5-7-9-11-13-15-17-19-21-20-18-16-14-12-10-8-6-4-2/h3,5,7,9,11,13,15,17,19-21H,1,4,6,8,10,12,14,16,18H2,2H3. The zero-order chi connectivity index (χ0) is 15.4. The third-order valence-electron chi connectivity index (χ3n) is 3.14. The van der Waals surface area contributed by atoms with Crippen molar-refractivity contribution in [3.05, 3.63) is 73.4 Å². The summed E-state index contributed by atoms with van der Waals surface area (Å²) >= 11 is 0. The second kappa shape index (κ2) is 18.4. The Morgan fingerprint density at radius 3 is 1.62 bits per heavy atom.